The monoisotopic (exact) mass is 350 g/mol. The zero-order valence-corrected chi connectivity index (χ0v) is 13.5. The molecule has 0 aliphatic heterocycles. The van der Waals surface area contributed by atoms with Gasteiger partial charge in [0, 0.05) is 17.7 Å². The van der Waals surface area contributed by atoms with Crippen molar-refractivity contribution >= 4 is 28.1 Å². The average Bonchev–Trinajstić information content (AvgIpc) is 3.16. The van der Waals surface area contributed by atoms with Crippen LogP contribution in [-0.4, -0.2) is 19.5 Å². The minimum Gasteiger partial charge on any atom is -0.266 e. The Kier molecular flexibility index (Phi) is 3.58. The summed E-state index contributed by atoms with van der Waals surface area (Å²) in [6.45, 7) is 0. The fourth-order valence-corrected chi connectivity index (χ4v) is 3.33. The van der Waals surface area contributed by atoms with E-state index in [1.54, 1.807) is 18.2 Å². The predicted octanol–water partition coefficient (Wildman–Crippen LogP) is 2.27. The van der Waals surface area contributed by atoms with Gasteiger partial charge in [0.05, 0.1) is 9.46 Å². The number of hydrogen-bond acceptors (Lipinski definition) is 6. The number of nitrogens with zero attached hydrogens (tertiary/aromatic N) is 4. The molecule has 0 aliphatic carbocycles. The van der Waals surface area contributed by atoms with Gasteiger partial charge in [0.15, 0.2) is 5.82 Å². The second kappa shape index (κ2) is 5.91. The molecule has 0 saturated heterocycles. The summed E-state index contributed by atoms with van der Waals surface area (Å²) in [4.78, 5) is 27.8. The standard InChI is InChI=1S/C17H10N4O3S/c22-16-14(10-11-5-4-8-13(9-11)21(23)24)25-17-18-15(19-20(16)17)12-6-2-1-3-7-12/h1-10H/b14-10+. The first-order chi connectivity index (χ1) is 12.1. The largest absolute Gasteiger partial charge is 0.291 e. The van der Waals surface area contributed by atoms with E-state index in [9.17, 15) is 14.9 Å². The van der Waals surface area contributed by atoms with E-state index < -0.39 is 4.92 Å². The quantitative estimate of drug-likeness (QED) is 0.418. The summed E-state index contributed by atoms with van der Waals surface area (Å²) in [7, 11) is 0. The second-order valence-corrected chi connectivity index (χ2v) is 6.27. The van der Waals surface area contributed by atoms with E-state index in [0.717, 1.165) is 5.56 Å². The van der Waals surface area contributed by atoms with Crippen molar-refractivity contribution in [3.63, 3.8) is 0 Å². The van der Waals surface area contributed by atoms with Crippen LogP contribution in [0.25, 0.3) is 22.4 Å². The number of fused-ring (bicyclic) bond motifs is 1. The van der Waals surface area contributed by atoms with E-state index in [-0.39, 0.29) is 11.2 Å². The van der Waals surface area contributed by atoms with E-state index in [1.165, 1.54) is 28.0 Å². The van der Waals surface area contributed by atoms with Gasteiger partial charge in [-0.3, -0.25) is 14.9 Å². The highest BCUT2D eigenvalue weighted by molar-refractivity contribution is 7.15. The maximum Gasteiger partial charge on any atom is 0.291 e. The second-order valence-electron chi connectivity index (χ2n) is 5.26. The van der Waals surface area contributed by atoms with E-state index in [0.29, 0.717) is 20.9 Å². The minimum absolute atomic E-state index is 0.0213. The minimum atomic E-state index is -0.468. The highest BCUT2D eigenvalue weighted by atomic mass is 32.1. The molecule has 2 aromatic heterocycles. The van der Waals surface area contributed by atoms with E-state index in [2.05, 4.69) is 10.1 Å². The van der Waals surface area contributed by atoms with Crippen LogP contribution in [0, 0.1) is 10.1 Å². The maximum atomic E-state index is 12.5. The van der Waals surface area contributed by atoms with Crippen LogP contribution in [0.3, 0.4) is 0 Å². The van der Waals surface area contributed by atoms with Crippen molar-refractivity contribution in [1.29, 1.82) is 0 Å². The molecule has 0 bridgehead atoms. The first kappa shape index (κ1) is 15.2. The molecule has 4 aromatic rings. The molecule has 0 unspecified atom stereocenters. The van der Waals surface area contributed by atoms with Gasteiger partial charge in [-0.1, -0.05) is 53.8 Å². The van der Waals surface area contributed by atoms with Crippen LogP contribution >= 0.6 is 11.3 Å². The van der Waals surface area contributed by atoms with Crippen molar-refractivity contribution < 1.29 is 4.92 Å². The summed E-state index contributed by atoms with van der Waals surface area (Å²) in [5, 5.41) is 15.1. The first-order valence-electron chi connectivity index (χ1n) is 7.33. The van der Waals surface area contributed by atoms with Gasteiger partial charge in [-0.15, -0.1) is 5.10 Å². The molecule has 0 amide bonds. The third-order valence-corrected chi connectivity index (χ3v) is 4.55. The zero-order valence-electron chi connectivity index (χ0n) is 12.7. The first-order valence-corrected chi connectivity index (χ1v) is 8.15. The van der Waals surface area contributed by atoms with Crippen LogP contribution in [0.15, 0.2) is 59.4 Å². The molecule has 122 valence electrons. The highest BCUT2D eigenvalue weighted by Crippen LogP contribution is 2.16. The summed E-state index contributed by atoms with van der Waals surface area (Å²) in [6, 6.07) is 15.5. The van der Waals surface area contributed by atoms with Crippen molar-refractivity contribution in [1.82, 2.24) is 14.6 Å². The number of aromatic nitrogens is 3. The van der Waals surface area contributed by atoms with Crippen LogP contribution in [0.5, 0.6) is 0 Å². The fraction of sp³-hybridized carbons (Fsp3) is 0. The van der Waals surface area contributed by atoms with E-state index in [4.69, 9.17) is 0 Å². The van der Waals surface area contributed by atoms with Crippen LogP contribution in [-0.2, 0) is 0 Å². The lowest BCUT2D eigenvalue weighted by Crippen LogP contribution is -2.23. The highest BCUT2D eigenvalue weighted by Gasteiger charge is 2.12. The number of thiazole rings is 1. The summed E-state index contributed by atoms with van der Waals surface area (Å²) < 4.78 is 1.69. The van der Waals surface area contributed by atoms with Crippen molar-refractivity contribution in [2.75, 3.05) is 0 Å². The number of hydrogen-bond donors (Lipinski definition) is 0. The molecule has 25 heavy (non-hydrogen) atoms. The van der Waals surface area contributed by atoms with Crippen LogP contribution < -0.4 is 10.1 Å². The van der Waals surface area contributed by atoms with Gasteiger partial charge < -0.3 is 0 Å². The molecule has 0 N–H and O–H groups in total. The summed E-state index contributed by atoms with van der Waals surface area (Å²) >= 11 is 1.20. The summed E-state index contributed by atoms with van der Waals surface area (Å²) in [5.74, 6) is 0.492. The molecule has 0 fully saturated rings. The van der Waals surface area contributed by atoms with Gasteiger partial charge in [0.1, 0.15) is 0 Å². The molecule has 2 aromatic carbocycles. The number of nitro benzene ring substituents is 1. The molecule has 0 spiro atoms. The van der Waals surface area contributed by atoms with Gasteiger partial charge in [-0.05, 0) is 11.6 Å². The third kappa shape index (κ3) is 2.79. The third-order valence-electron chi connectivity index (χ3n) is 3.59. The van der Waals surface area contributed by atoms with Gasteiger partial charge in [-0.25, -0.2) is 0 Å². The Balaban J connectivity index is 1.81. The Labute approximate surface area is 144 Å². The van der Waals surface area contributed by atoms with Crippen molar-refractivity contribution in [3.8, 4) is 11.4 Å². The summed E-state index contributed by atoms with van der Waals surface area (Å²) in [6.07, 6.45) is 1.61. The fourth-order valence-electron chi connectivity index (χ4n) is 2.42. The van der Waals surface area contributed by atoms with Gasteiger partial charge in [0.2, 0.25) is 4.96 Å². The smallest absolute Gasteiger partial charge is 0.266 e. The molecule has 4 rings (SSSR count). The molecule has 2 heterocycles. The SMILES string of the molecule is O=c1/c(=C\c2cccc([N+](=O)[O-])c2)sc2nc(-c3ccccc3)nn12. The Hall–Kier alpha value is -3.39. The van der Waals surface area contributed by atoms with E-state index in [1.807, 2.05) is 30.3 Å². The molecule has 0 radical (unpaired) electrons. The number of non-ortho nitro benzene ring substituents is 1. The van der Waals surface area contributed by atoms with Gasteiger partial charge in [-0.2, -0.15) is 9.50 Å². The van der Waals surface area contributed by atoms with Crippen LogP contribution in [0.2, 0.25) is 0 Å². The van der Waals surface area contributed by atoms with Crippen LogP contribution in [0.4, 0.5) is 5.69 Å². The van der Waals surface area contributed by atoms with Gasteiger partial charge in [0.25, 0.3) is 11.2 Å². The average molecular weight is 350 g/mol. The lowest BCUT2D eigenvalue weighted by Gasteiger charge is -1.93. The molecular weight excluding hydrogens is 340 g/mol. The Morgan fingerprint density at radius 2 is 1.92 bits per heavy atom. The molecule has 0 aliphatic rings. The summed E-state index contributed by atoms with van der Waals surface area (Å²) in [5.41, 5.74) is 1.11. The lowest BCUT2D eigenvalue weighted by molar-refractivity contribution is -0.384. The van der Waals surface area contributed by atoms with Crippen molar-refractivity contribution in [3.05, 3.63) is 85.2 Å². The number of rotatable bonds is 3. The number of benzene rings is 2. The van der Waals surface area contributed by atoms with Gasteiger partial charge >= 0.3 is 0 Å². The van der Waals surface area contributed by atoms with E-state index >= 15 is 0 Å². The Morgan fingerprint density at radius 1 is 1.12 bits per heavy atom. The number of nitro groups is 1. The molecule has 8 heteroatoms. The van der Waals surface area contributed by atoms with Crippen molar-refractivity contribution in [2.45, 2.75) is 0 Å². The molecule has 7 nitrogen and oxygen atoms in total. The molecule has 0 saturated carbocycles. The zero-order chi connectivity index (χ0) is 17.4. The molecular formula is C17H10N4O3S. The molecule has 0 atom stereocenters. The van der Waals surface area contributed by atoms with Crippen molar-refractivity contribution in [2.24, 2.45) is 0 Å². The predicted molar refractivity (Wildman–Crippen MR) is 94.5 cm³/mol. The lowest BCUT2D eigenvalue weighted by atomic mass is 10.2. The van der Waals surface area contributed by atoms with Crippen LogP contribution in [0.1, 0.15) is 5.56 Å². The Morgan fingerprint density at radius 3 is 2.64 bits per heavy atom. The normalized spacial score (nSPS) is 11.9. The maximum absolute atomic E-state index is 12.5. The Bertz CT molecular complexity index is 1200. The topological polar surface area (TPSA) is 90.4 Å².